The maximum Gasteiger partial charge on any atom is 0.247 e. The molecule has 6 rings (SSSR count). The molecule has 1 spiro atoms. The Hall–Kier alpha value is -3.83. The van der Waals surface area contributed by atoms with Gasteiger partial charge in [0.1, 0.15) is 23.8 Å². The van der Waals surface area contributed by atoms with Crippen molar-refractivity contribution in [3.05, 3.63) is 54.6 Å². The predicted octanol–water partition coefficient (Wildman–Crippen LogP) is 0.901. The number of fused-ring (bicyclic) bond motifs is 2. The van der Waals surface area contributed by atoms with Crippen LogP contribution in [0.1, 0.15) is 19.8 Å². The van der Waals surface area contributed by atoms with E-state index in [9.17, 15) is 19.5 Å². The molecule has 3 fully saturated rings. The summed E-state index contributed by atoms with van der Waals surface area (Å²) in [6.45, 7) is 1.54. The number of carbonyl (C=O) groups excluding carboxylic acids is 3. The lowest BCUT2D eigenvalue weighted by atomic mass is 9.66. The molecule has 2 bridgehead atoms. The maximum atomic E-state index is 13.7. The molecule has 4 heterocycles. The molecule has 3 saturated heterocycles. The molecule has 0 aliphatic carbocycles. The van der Waals surface area contributed by atoms with Crippen LogP contribution in [0.3, 0.4) is 0 Å². The fourth-order valence-corrected chi connectivity index (χ4v) is 6.50. The largest absolute Gasteiger partial charge is 0.395 e. The Kier molecular flexibility index (Phi) is 5.50. The first-order valence-electron chi connectivity index (χ1n) is 12.4. The van der Waals surface area contributed by atoms with Crippen molar-refractivity contribution in [1.29, 1.82) is 0 Å². The molecule has 3 aliphatic rings. The number of nitrogens with zero attached hydrogens (tertiary/aromatic N) is 4. The second-order valence-electron chi connectivity index (χ2n) is 10.1. The number of aromatic nitrogens is 3. The highest BCUT2D eigenvalue weighted by Gasteiger charge is 2.77. The zero-order chi connectivity index (χ0) is 25.8. The number of anilines is 1. The lowest BCUT2D eigenvalue weighted by molar-refractivity contribution is -0.145. The van der Waals surface area contributed by atoms with Gasteiger partial charge in [0.15, 0.2) is 0 Å². The lowest BCUT2D eigenvalue weighted by Gasteiger charge is -2.33. The third-order valence-electron chi connectivity index (χ3n) is 8.01. The molecule has 11 nitrogen and oxygen atoms in total. The standard InChI is InChI=1S/C26H28N6O5/c1-25-11-12-26(37-25)20(19(25)22(34)28-16-7-3-2-4-8-16)24(36)31(13-14-33)21(26)23(35)27-15-32-18-10-6-5-9-17(18)29-30-32/h2-10,19-21,33H,11-15H2,1H3,(H,27,35)(H,28,34)/t19-,20-,21?,25+,26?/m0/s1. The first-order valence-corrected chi connectivity index (χ1v) is 12.4. The van der Waals surface area contributed by atoms with Gasteiger partial charge in [0.2, 0.25) is 17.7 Å². The minimum Gasteiger partial charge on any atom is -0.395 e. The Morgan fingerprint density at radius 1 is 1.11 bits per heavy atom. The molecule has 11 heteroatoms. The summed E-state index contributed by atoms with van der Waals surface area (Å²) in [6.07, 6.45) is 0.995. The molecular weight excluding hydrogens is 476 g/mol. The number of carbonyl (C=O) groups is 3. The van der Waals surface area contributed by atoms with Crippen molar-refractivity contribution in [2.75, 3.05) is 18.5 Å². The summed E-state index contributed by atoms with van der Waals surface area (Å²) in [5, 5.41) is 23.7. The van der Waals surface area contributed by atoms with Gasteiger partial charge in [-0.3, -0.25) is 14.4 Å². The van der Waals surface area contributed by atoms with Gasteiger partial charge < -0.3 is 25.4 Å². The highest BCUT2D eigenvalue weighted by molar-refractivity contribution is 6.02. The number of para-hydroxylation sites is 2. The van der Waals surface area contributed by atoms with Crippen molar-refractivity contribution in [3.8, 4) is 0 Å². The molecule has 0 radical (unpaired) electrons. The maximum absolute atomic E-state index is 13.7. The highest BCUT2D eigenvalue weighted by atomic mass is 16.5. The number of hydrogen-bond acceptors (Lipinski definition) is 7. The van der Waals surface area contributed by atoms with E-state index >= 15 is 0 Å². The number of nitrogens with one attached hydrogen (secondary N) is 2. The van der Waals surface area contributed by atoms with Gasteiger partial charge in [-0.25, -0.2) is 4.68 Å². The van der Waals surface area contributed by atoms with Crippen LogP contribution in [0.2, 0.25) is 0 Å². The molecule has 2 aromatic carbocycles. The van der Waals surface area contributed by atoms with Crippen LogP contribution in [0.25, 0.3) is 11.0 Å². The Balaban J connectivity index is 1.29. The monoisotopic (exact) mass is 504 g/mol. The summed E-state index contributed by atoms with van der Waals surface area (Å²) >= 11 is 0. The van der Waals surface area contributed by atoms with E-state index in [0.29, 0.717) is 24.0 Å². The fourth-order valence-electron chi connectivity index (χ4n) is 6.50. The summed E-state index contributed by atoms with van der Waals surface area (Å²) < 4.78 is 8.10. The van der Waals surface area contributed by atoms with Crippen LogP contribution in [0, 0.1) is 11.8 Å². The molecule has 3 amide bonds. The van der Waals surface area contributed by atoms with Crippen LogP contribution in [-0.2, 0) is 25.8 Å². The van der Waals surface area contributed by atoms with E-state index in [4.69, 9.17) is 4.74 Å². The summed E-state index contributed by atoms with van der Waals surface area (Å²) in [6, 6.07) is 15.5. The Morgan fingerprint density at radius 3 is 2.65 bits per heavy atom. The number of ether oxygens (including phenoxy) is 1. The molecule has 37 heavy (non-hydrogen) atoms. The van der Waals surface area contributed by atoms with Crippen molar-refractivity contribution < 1.29 is 24.2 Å². The summed E-state index contributed by atoms with van der Waals surface area (Å²) in [5.74, 6) is -2.68. The summed E-state index contributed by atoms with van der Waals surface area (Å²) in [5.41, 5.74) is 0.0438. The number of aliphatic hydroxyl groups is 1. The first-order chi connectivity index (χ1) is 17.9. The van der Waals surface area contributed by atoms with Crippen LogP contribution >= 0.6 is 0 Å². The van der Waals surface area contributed by atoms with Crippen LogP contribution in [0.5, 0.6) is 0 Å². The van der Waals surface area contributed by atoms with Crippen molar-refractivity contribution in [3.63, 3.8) is 0 Å². The summed E-state index contributed by atoms with van der Waals surface area (Å²) in [4.78, 5) is 42.3. The second kappa shape index (κ2) is 8.63. The number of rotatable bonds is 7. The fraction of sp³-hybridized carbons (Fsp3) is 0.423. The molecule has 2 unspecified atom stereocenters. The van der Waals surface area contributed by atoms with Crippen LogP contribution < -0.4 is 10.6 Å². The second-order valence-corrected chi connectivity index (χ2v) is 10.1. The normalized spacial score (nSPS) is 30.1. The number of aliphatic hydroxyl groups excluding tert-OH is 1. The van der Waals surface area contributed by atoms with Crippen molar-refractivity contribution in [1.82, 2.24) is 25.2 Å². The van der Waals surface area contributed by atoms with Crippen LogP contribution in [0.15, 0.2) is 54.6 Å². The highest BCUT2D eigenvalue weighted by Crippen LogP contribution is 2.63. The topological polar surface area (TPSA) is 139 Å². The number of benzene rings is 2. The molecule has 3 aromatic rings. The predicted molar refractivity (Wildman–Crippen MR) is 132 cm³/mol. The molecule has 0 saturated carbocycles. The zero-order valence-electron chi connectivity index (χ0n) is 20.3. The molecule has 3 aliphatic heterocycles. The zero-order valence-corrected chi connectivity index (χ0v) is 20.3. The summed E-state index contributed by atoms with van der Waals surface area (Å²) in [7, 11) is 0. The number of amides is 3. The van der Waals surface area contributed by atoms with Crippen molar-refractivity contribution in [2.24, 2.45) is 11.8 Å². The van der Waals surface area contributed by atoms with E-state index in [0.717, 1.165) is 5.52 Å². The van der Waals surface area contributed by atoms with Gasteiger partial charge in [-0.1, -0.05) is 35.5 Å². The first kappa shape index (κ1) is 23.6. The van der Waals surface area contributed by atoms with Crippen LogP contribution in [0.4, 0.5) is 5.69 Å². The number of likely N-dealkylation sites (tertiary alicyclic amines) is 1. The van der Waals surface area contributed by atoms with E-state index in [1.54, 1.807) is 16.8 Å². The molecule has 5 atom stereocenters. The third kappa shape index (κ3) is 3.52. The van der Waals surface area contributed by atoms with Crippen LogP contribution in [-0.4, -0.2) is 73.1 Å². The lowest BCUT2D eigenvalue weighted by Crippen LogP contribution is -2.55. The van der Waals surface area contributed by atoms with Gasteiger partial charge in [-0.2, -0.15) is 0 Å². The quantitative estimate of drug-likeness (QED) is 0.435. The SMILES string of the molecule is C[C@]12CCC3(O1)C(C(=O)NCn1nnc4ccccc41)N(CCO)C(=O)[C@@H]3[C@H]2C(=O)Nc1ccccc1. The Morgan fingerprint density at radius 2 is 1.86 bits per heavy atom. The van der Waals surface area contributed by atoms with Crippen molar-refractivity contribution >= 4 is 34.4 Å². The van der Waals surface area contributed by atoms with E-state index < -0.39 is 35.0 Å². The van der Waals surface area contributed by atoms with Gasteiger partial charge in [-0.15, -0.1) is 5.10 Å². The average Bonchev–Trinajstić information content (AvgIpc) is 3.59. The van der Waals surface area contributed by atoms with Gasteiger partial charge in [0.05, 0.1) is 29.6 Å². The van der Waals surface area contributed by atoms with E-state index in [1.807, 2.05) is 49.4 Å². The third-order valence-corrected chi connectivity index (χ3v) is 8.01. The minimum absolute atomic E-state index is 0.0332. The van der Waals surface area contributed by atoms with E-state index in [-0.39, 0.29) is 31.6 Å². The molecule has 3 N–H and O–H groups in total. The van der Waals surface area contributed by atoms with E-state index in [1.165, 1.54) is 4.90 Å². The smallest absolute Gasteiger partial charge is 0.247 e. The Labute approximate surface area is 212 Å². The van der Waals surface area contributed by atoms with Gasteiger partial charge in [0.25, 0.3) is 0 Å². The number of β-amino-alcohol motifs (C(OH)–C–C–N with tert-alkyl or cyclic N) is 1. The average molecular weight is 505 g/mol. The molecule has 192 valence electrons. The van der Waals surface area contributed by atoms with Gasteiger partial charge >= 0.3 is 0 Å². The Bertz CT molecular complexity index is 1380. The van der Waals surface area contributed by atoms with Crippen molar-refractivity contribution in [2.45, 2.75) is 43.7 Å². The molecule has 1 aromatic heterocycles. The van der Waals surface area contributed by atoms with Gasteiger partial charge in [-0.05, 0) is 44.0 Å². The molecular formula is C26H28N6O5. The van der Waals surface area contributed by atoms with E-state index in [2.05, 4.69) is 20.9 Å². The van der Waals surface area contributed by atoms with Gasteiger partial charge in [0, 0.05) is 12.2 Å². The minimum atomic E-state index is -1.16. The number of hydrogen-bond donors (Lipinski definition) is 3.